The molecule has 28 heavy (non-hydrogen) atoms. The van der Waals surface area contributed by atoms with Crippen LogP contribution in [-0.4, -0.2) is 12.6 Å². The highest BCUT2D eigenvalue weighted by Crippen LogP contribution is 2.36. The lowest BCUT2D eigenvalue weighted by Gasteiger charge is -2.39. The molecule has 1 atom stereocenters. The van der Waals surface area contributed by atoms with Gasteiger partial charge in [0.15, 0.2) is 0 Å². The molecular formula is C24H20N2O2. The van der Waals surface area contributed by atoms with Gasteiger partial charge in [0.2, 0.25) is 0 Å². The fourth-order valence-electron chi connectivity index (χ4n) is 3.62. The number of amides is 1. The number of anilines is 1. The molecule has 0 aliphatic carbocycles. The van der Waals surface area contributed by atoms with Crippen molar-refractivity contribution >= 4 is 11.8 Å². The van der Waals surface area contributed by atoms with Crippen LogP contribution >= 0.6 is 0 Å². The minimum atomic E-state index is -0.625. The molecule has 3 aromatic carbocycles. The quantitative estimate of drug-likeness (QED) is 0.614. The fraction of sp³-hybridized carbons (Fsp3) is 0.167. The topological polar surface area (TPSA) is 53.3 Å². The Morgan fingerprint density at radius 3 is 2.50 bits per heavy atom. The molecule has 138 valence electrons. The van der Waals surface area contributed by atoms with Gasteiger partial charge in [-0.2, -0.15) is 5.26 Å². The molecule has 4 rings (SSSR count). The molecule has 1 unspecified atom stereocenters. The first-order valence-corrected chi connectivity index (χ1v) is 9.26. The van der Waals surface area contributed by atoms with Crippen molar-refractivity contribution in [1.82, 2.24) is 0 Å². The second-order valence-corrected chi connectivity index (χ2v) is 7.07. The maximum Gasteiger partial charge on any atom is 0.415 e. The number of hydrogen-bond donors (Lipinski definition) is 0. The average molecular weight is 368 g/mol. The van der Waals surface area contributed by atoms with Crippen molar-refractivity contribution in [3.05, 3.63) is 90.0 Å². The number of hydrogen-bond acceptors (Lipinski definition) is 3. The summed E-state index contributed by atoms with van der Waals surface area (Å²) in [6, 6.07) is 27.2. The highest BCUT2D eigenvalue weighted by atomic mass is 16.6. The lowest BCUT2D eigenvalue weighted by Crippen LogP contribution is -2.46. The van der Waals surface area contributed by atoms with Crippen LogP contribution in [0.3, 0.4) is 0 Å². The van der Waals surface area contributed by atoms with Gasteiger partial charge in [-0.1, -0.05) is 60.7 Å². The van der Waals surface area contributed by atoms with E-state index in [1.807, 2.05) is 79.7 Å². The normalized spacial score (nSPS) is 19.0. The van der Waals surface area contributed by atoms with Crippen LogP contribution in [-0.2, 0) is 10.3 Å². The van der Waals surface area contributed by atoms with Crippen LogP contribution in [0.2, 0.25) is 0 Å². The van der Waals surface area contributed by atoms with Crippen LogP contribution < -0.4 is 4.90 Å². The summed E-state index contributed by atoms with van der Waals surface area (Å²) in [4.78, 5) is 14.5. The van der Waals surface area contributed by atoms with Gasteiger partial charge >= 0.3 is 6.09 Å². The van der Waals surface area contributed by atoms with Crippen molar-refractivity contribution in [1.29, 1.82) is 5.26 Å². The molecule has 4 heteroatoms. The number of nitriles is 1. The third-order valence-electron chi connectivity index (χ3n) is 5.25. The summed E-state index contributed by atoms with van der Waals surface area (Å²) in [5.41, 5.74) is 3.51. The van der Waals surface area contributed by atoms with Crippen LogP contribution in [0.4, 0.5) is 10.5 Å². The van der Waals surface area contributed by atoms with Crippen molar-refractivity contribution in [3.8, 4) is 17.2 Å². The molecule has 1 amide bonds. The molecule has 4 nitrogen and oxygen atoms in total. The van der Waals surface area contributed by atoms with Crippen molar-refractivity contribution in [2.24, 2.45) is 0 Å². The number of carbonyl (C=O) groups excluding carboxylic acids is 1. The van der Waals surface area contributed by atoms with E-state index >= 15 is 0 Å². The molecule has 1 aliphatic heterocycles. The van der Waals surface area contributed by atoms with Crippen molar-refractivity contribution in [3.63, 3.8) is 0 Å². The maximum absolute atomic E-state index is 12.8. The van der Waals surface area contributed by atoms with Gasteiger partial charge in [-0.25, -0.2) is 4.79 Å². The third-order valence-corrected chi connectivity index (χ3v) is 5.25. The van der Waals surface area contributed by atoms with Crippen molar-refractivity contribution < 1.29 is 9.53 Å². The van der Waals surface area contributed by atoms with Crippen LogP contribution in [0.5, 0.6) is 0 Å². The molecule has 0 radical (unpaired) electrons. The zero-order valence-electron chi connectivity index (χ0n) is 15.6. The smallest absolute Gasteiger partial charge is 0.415 e. The van der Waals surface area contributed by atoms with E-state index in [4.69, 9.17) is 4.74 Å². The summed E-state index contributed by atoms with van der Waals surface area (Å²) in [7, 11) is 0. The number of cyclic esters (lactones) is 1. The molecular weight excluding hydrogens is 348 g/mol. The molecule has 0 aromatic heterocycles. The van der Waals surface area contributed by atoms with E-state index in [0.717, 1.165) is 22.4 Å². The Bertz CT molecular complexity index is 1060. The first-order chi connectivity index (χ1) is 13.6. The van der Waals surface area contributed by atoms with Crippen LogP contribution in [0.15, 0.2) is 78.9 Å². The van der Waals surface area contributed by atoms with Crippen LogP contribution in [0, 0.1) is 11.3 Å². The fourth-order valence-corrected chi connectivity index (χ4v) is 3.62. The van der Waals surface area contributed by atoms with Crippen molar-refractivity contribution in [2.45, 2.75) is 18.9 Å². The Balaban J connectivity index is 1.61. The summed E-state index contributed by atoms with van der Waals surface area (Å²) < 4.78 is 5.85. The Kier molecular flexibility index (Phi) is 4.58. The first kappa shape index (κ1) is 17.8. The summed E-state index contributed by atoms with van der Waals surface area (Å²) in [5.74, 6) is 0. The molecule has 1 aliphatic rings. The van der Waals surface area contributed by atoms with E-state index in [-0.39, 0.29) is 6.09 Å². The zero-order chi connectivity index (χ0) is 19.6. The van der Waals surface area contributed by atoms with E-state index in [1.54, 1.807) is 11.0 Å². The molecule has 3 aromatic rings. The summed E-state index contributed by atoms with van der Waals surface area (Å²) in [5, 5.41) is 9.37. The van der Waals surface area contributed by atoms with Crippen molar-refractivity contribution in [2.75, 3.05) is 11.4 Å². The predicted molar refractivity (Wildman–Crippen MR) is 109 cm³/mol. The first-order valence-electron chi connectivity index (χ1n) is 9.26. The molecule has 0 saturated carbocycles. The van der Waals surface area contributed by atoms with Crippen LogP contribution in [0.25, 0.3) is 11.1 Å². The predicted octanol–water partition coefficient (Wildman–Crippen LogP) is 5.49. The van der Waals surface area contributed by atoms with Gasteiger partial charge in [0.1, 0.15) is 5.60 Å². The minimum Gasteiger partial charge on any atom is -0.438 e. The van der Waals surface area contributed by atoms with Gasteiger partial charge < -0.3 is 4.74 Å². The van der Waals surface area contributed by atoms with E-state index in [9.17, 15) is 10.1 Å². The molecule has 0 N–H and O–H groups in total. The van der Waals surface area contributed by atoms with Gasteiger partial charge in [0, 0.05) is 18.7 Å². The standard InChI is InChI=1S/C24H20N2O2/c1-24(20-10-3-2-4-11-20)14-15-26(23(27)28-24)21-12-7-9-18(16-21)22-13-6-5-8-19(22)17-25/h2-13,16H,14-15H2,1H3. The SMILES string of the molecule is CC1(c2ccccc2)CCN(c2cccc(-c3ccccc3C#N)c2)C(=O)O1. The number of nitrogens with zero attached hydrogens (tertiary/aromatic N) is 2. The molecule has 0 spiro atoms. The second-order valence-electron chi connectivity index (χ2n) is 7.07. The zero-order valence-corrected chi connectivity index (χ0v) is 15.6. The number of ether oxygens (including phenoxy) is 1. The largest absolute Gasteiger partial charge is 0.438 e. The van der Waals surface area contributed by atoms with E-state index in [2.05, 4.69) is 6.07 Å². The van der Waals surface area contributed by atoms with E-state index in [1.165, 1.54) is 0 Å². The third kappa shape index (κ3) is 3.23. The molecule has 1 heterocycles. The summed E-state index contributed by atoms with van der Waals surface area (Å²) in [6.45, 7) is 2.52. The Morgan fingerprint density at radius 2 is 1.75 bits per heavy atom. The highest BCUT2D eigenvalue weighted by Gasteiger charge is 2.38. The maximum atomic E-state index is 12.8. The van der Waals surface area contributed by atoms with Crippen LogP contribution in [0.1, 0.15) is 24.5 Å². The monoisotopic (exact) mass is 368 g/mol. The molecule has 1 saturated heterocycles. The Hall–Kier alpha value is -3.58. The summed E-state index contributed by atoms with van der Waals surface area (Å²) >= 11 is 0. The Morgan fingerprint density at radius 1 is 1.00 bits per heavy atom. The van der Waals surface area contributed by atoms with Gasteiger partial charge in [-0.05, 0) is 41.8 Å². The van der Waals surface area contributed by atoms with Gasteiger partial charge in [-0.3, -0.25) is 4.90 Å². The number of carbonyl (C=O) groups is 1. The second kappa shape index (κ2) is 7.21. The molecule has 1 fully saturated rings. The lowest BCUT2D eigenvalue weighted by molar-refractivity contribution is 0.00583. The van der Waals surface area contributed by atoms with E-state index in [0.29, 0.717) is 18.5 Å². The highest BCUT2D eigenvalue weighted by molar-refractivity contribution is 5.90. The Labute approximate surface area is 164 Å². The molecule has 0 bridgehead atoms. The van der Waals surface area contributed by atoms with Gasteiger partial charge in [0.05, 0.1) is 11.6 Å². The summed E-state index contributed by atoms with van der Waals surface area (Å²) in [6.07, 6.45) is 0.338. The number of benzene rings is 3. The van der Waals surface area contributed by atoms with Gasteiger partial charge in [-0.15, -0.1) is 0 Å². The average Bonchev–Trinajstić information content (AvgIpc) is 2.74. The minimum absolute atomic E-state index is 0.358. The van der Waals surface area contributed by atoms with E-state index < -0.39 is 5.60 Å². The lowest BCUT2D eigenvalue weighted by atomic mass is 9.91. The number of rotatable bonds is 3. The van der Waals surface area contributed by atoms with Gasteiger partial charge in [0.25, 0.3) is 0 Å².